The Morgan fingerprint density at radius 1 is 1.33 bits per heavy atom. The molecule has 0 fully saturated rings. The molecule has 105 valence electrons. The van der Waals surface area contributed by atoms with Gasteiger partial charge in [0.05, 0.1) is 0 Å². The second-order valence-corrected chi connectivity index (χ2v) is 8.76. The van der Waals surface area contributed by atoms with E-state index in [1.54, 1.807) is 2.66 Å². The van der Waals surface area contributed by atoms with Crippen LogP contribution in [0.3, 0.4) is 0 Å². The summed E-state index contributed by atoms with van der Waals surface area (Å²) < 4.78 is 1.77. The molecule has 0 aliphatic heterocycles. The van der Waals surface area contributed by atoms with E-state index in [2.05, 4.69) is 22.4 Å². The number of hydrogen-bond donors (Lipinski definition) is 1. The average Bonchev–Trinajstić information content (AvgIpc) is 2.47. The van der Waals surface area contributed by atoms with Crippen molar-refractivity contribution >= 4 is 11.7 Å². The molecule has 1 heterocycles. The maximum absolute atomic E-state index is 12.3. The number of amides is 1. The molecule has 1 aromatic carbocycles. The third kappa shape index (κ3) is 3.81. The first kappa shape index (κ1) is 16.0. The summed E-state index contributed by atoms with van der Waals surface area (Å²) in [5, 5.41) is 3.06. The van der Waals surface area contributed by atoms with Gasteiger partial charge in [-0.05, 0) is 0 Å². The molecule has 0 aliphatic carbocycles. The van der Waals surface area contributed by atoms with Crippen molar-refractivity contribution in [3.05, 3.63) is 58.8 Å². The van der Waals surface area contributed by atoms with Crippen molar-refractivity contribution in [3.63, 3.8) is 0 Å². The van der Waals surface area contributed by atoms with Gasteiger partial charge in [0.15, 0.2) is 0 Å². The fourth-order valence-electron chi connectivity index (χ4n) is 2.28. The van der Waals surface area contributed by atoms with Crippen LogP contribution in [0.1, 0.15) is 27.2 Å². The van der Waals surface area contributed by atoms with Gasteiger partial charge >= 0.3 is 142 Å². The second kappa shape index (κ2) is 7.03. The molecule has 0 radical (unpaired) electrons. The van der Waals surface area contributed by atoms with E-state index in [0.717, 1.165) is 17.7 Å². The Hall–Kier alpha value is -1.42. The van der Waals surface area contributed by atoms with Crippen LogP contribution in [0, 0.1) is 6.92 Å². The molecule has 0 unspecified atom stereocenters. The van der Waals surface area contributed by atoms with Gasteiger partial charge in [0.1, 0.15) is 0 Å². The standard InChI is InChI=1S/C16H19N3O.Hg/c1-11-9-13(10-12-7-5-4-6-8-12)19-15(17-2)14(11)16(20)18-3;/h4-9H,10H2,1-3H3,(H2,17,18,19,20);/q;+1/p-1. The van der Waals surface area contributed by atoms with Crippen LogP contribution in [0.25, 0.3) is 0 Å². The molecular weight excluding hydrogens is 451 g/mol. The van der Waals surface area contributed by atoms with Gasteiger partial charge in [-0.3, -0.25) is 0 Å². The van der Waals surface area contributed by atoms with E-state index < -0.39 is 0 Å². The number of carbonyl (C=O) groups excluding carboxylic acids is 1. The predicted molar refractivity (Wildman–Crippen MR) is 79.9 cm³/mol. The average molecular weight is 469 g/mol. The van der Waals surface area contributed by atoms with E-state index in [0.29, 0.717) is 11.4 Å². The van der Waals surface area contributed by atoms with Crippen molar-refractivity contribution in [2.75, 3.05) is 19.4 Å². The quantitative estimate of drug-likeness (QED) is 0.701. The van der Waals surface area contributed by atoms with Crippen molar-refractivity contribution < 1.29 is 31.2 Å². The van der Waals surface area contributed by atoms with E-state index in [1.807, 2.05) is 45.3 Å². The zero-order chi connectivity index (χ0) is 15.4. The van der Waals surface area contributed by atoms with Crippen LogP contribution in [0.15, 0.2) is 36.4 Å². The van der Waals surface area contributed by atoms with E-state index in [4.69, 9.17) is 0 Å². The topological polar surface area (TPSA) is 45.2 Å². The summed E-state index contributed by atoms with van der Waals surface area (Å²) in [6, 6.07) is 12.2. The van der Waals surface area contributed by atoms with Crippen molar-refractivity contribution in [1.82, 2.24) is 7.65 Å². The Morgan fingerprint density at radius 3 is 2.57 bits per heavy atom. The molecule has 0 saturated carbocycles. The first-order chi connectivity index (χ1) is 10.0. The van der Waals surface area contributed by atoms with Gasteiger partial charge in [-0.15, -0.1) is 0 Å². The number of benzene rings is 1. The van der Waals surface area contributed by atoms with Gasteiger partial charge in [0.2, 0.25) is 0 Å². The molecule has 1 amide bonds. The van der Waals surface area contributed by atoms with Crippen LogP contribution in [0.4, 0.5) is 5.82 Å². The van der Waals surface area contributed by atoms with Crippen LogP contribution < -0.4 is 5.32 Å². The summed E-state index contributed by atoms with van der Waals surface area (Å²) in [4.78, 5) is 16.9. The molecule has 21 heavy (non-hydrogen) atoms. The molecule has 0 saturated heterocycles. The monoisotopic (exact) mass is 470 g/mol. The summed E-state index contributed by atoms with van der Waals surface area (Å²) in [5.74, 6) is 0.724. The number of carbonyl (C=O) groups is 1. The Labute approximate surface area is 142 Å². The third-order valence-electron chi connectivity index (χ3n) is 3.30. The van der Waals surface area contributed by atoms with Gasteiger partial charge in [-0.1, -0.05) is 0 Å². The molecule has 0 atom stereocenters. The number of anilines is 1. The van der Waals surface area contributed by atoms with Crippen LogP contribution >= 0.6 is 0 Å². The van der Waals surface area contributed by atoms with Gasteiger partial charge in [-0.25, -0.2) is 0 Å². The minimum absolute atomic E-state index is 0.0546. The van der Waals surface area contributed by atoms with Crippen LogP contribution in [-0.2, 0) is 32.8 Å². The summed E-state index contributed by atoms with van der Waals surface area (Å²) in [5.41, 5.74) is 3.85. The van der Waals surface area contributed by atoms with Gasteiger partial charge < -0.3 is 0 Å². The van der Waals surface area contributed by atoms with E-state index >= 15 is 0 Å². The molecule has 0 spiro atoms. The zero-order valence-corrected chi connectivity index (χ0v) is 18.2. The van der Waals surface area contributed by atoms with Crippen LogP contribution in [-0.4, -0.2) is 27.7 Å². The first-order valence-corrected chi connectivity index (χ1v) is 9.29. The summed E-state index contributed by atoms with van der Waals surface area (Å²) >= 11 is 0.271. The SMILES string of the molecule is CNc1nc(Cc2ccccc2)cc(C)c1C(=O)[N](C)[Hg]. The Bertz CT molecular complexity index is 641. The van der Waals surface area contributed by atoms with Crippen LogP contribution in [0.5, 0.6) is 0 Å². The normalized spacial score (nSPS) is 10.3. The number of rotatable bonds is 4. The molecule has 1 N–H and O–H groups in total. The summed E-state index contributed by atoms with van der Waals surface area (Å²) in [7, 11) is 3.64. The summed E-state index contributed by atoms with van der Waals surface area (Å²) in [6.45, 7) is 1.97. The van der Waals surface area contributed by atoms with E-state index in [9.17, 15) is 4.79 Å². The maximum atomic E-state index is 12.3. The molecule has 5 heteroatoms. The Balaban J connectivity index is 2.39. The number of aryl methyl sites for hydroxylation is 1. The van der Waals surface area contributed by atoms with Crippen molar-refractivity contribution in [1.29, 1.82) is 0 Å². The number of aromatic nitrogens is 1. The number of pyridine rings is 1. The van der Waals surface area contributed by atoms with Crippen molar-refractivity contribution in [3.8, 4) is 0 Å². The number of nitrogens with zero attached hydrogens (tertiary/aromatic N) is 2. The molecule has 2 rings (SSSR count). The van der Waals surface area contributed by atoms with Gasteiger partial charge in [0, 0.05) is 0 Å². The molecular formula is C16H18HgN3O. The molecule has 0 aliphatic rings. The van der Waals surface area contributed by atoms with E-state index in [-0.39, 0.29) is 32.3 Å². The third-order valence-corrected chi connectivity index (χ3v) is 4.41. The van der Waals surface area contributed by atoms with Gasteiger partial charge in [0.25, 0.3) is 0 Å². The minimum atomic E-state index is 0.0546. The first-order valence-electron chi connectivity index (χ1n) is 6.83. The predicted octanol–water partition coefficient (Wildman–Crippen LogP) is 2.56. The fraction of sp³-hybridized carbons (Fsp3) is 0.250. The number of nitrogens with one attached hydrogen (secondary N) is 1. The fourth-order valence-corrected chi connectivity index (χ4v) is 2.89. The van der Waals surface area contributed by atoms with Crippen molar-refractivity contribution in [2.45, 2.75) is 13.3 Å². The Kier molecular flexibility index (Phi) is 5.34. The number of hydrogen-bond acceptors (Lipinski definition) is 3. The zero-order valence-electron chi connectivity index (χ0n) is 12.7. The second-order valence-electron chi connectivity index (χ2n) is 5.07. The molecule has 4 nitrogen and oxygen atoms in total. The molecule has 0 bridgehead atoms. The molecule has 1 aromatic heterocycles. The van der Waals surface area contributed by atoms with Crippen LogP contribution in [0.2, 0.25) is 0 Å². The molecule has 2 aromatic rings. The van der Waals surface area contributed by atoms with Gasteiger partial charge in [-0.2, -0.15) is 0 Å². The summed E-state index contributed by atoms with van der Waals surface area (Å²) in [6.07, 6.45) is 0.769. The van der Waals surface area contributed by atoms with E-state index in [1.165, 1.54) is 5.56 Å². The van der Waals surface area contributed by atoms with Crippen molar-refractivity contribution in [2.24, 2.45) is 0 Å². The Morgan fingerprint density at radius 2 is 2.00 bits per heavy atom.